The second-order valence-electron chi connectivity index (χ2n) is 5.74. The summed E-state index contributed by atoms with van der Waals surface area (Å²) in [6.07, 6.45) is -0.763. The maximum Gasteiger partial charge on any atom is 0.328 e. The number of aromatic nitrogens is 2. The van der Waals surface area contributed by atoms with E-state index in [-0.39, 0.29) is 18.8 Å². The van der Waals surface area contributed by atoms with Crippen LogP contribution in [-0.2, 0) is 24.9 Å². The molecule has 0 radical (unpaired) electrons. The predicted octanol–water partition coefficient (Wildman–Crippen LogP) is 2.57. The molecule has 5 nitrogen and oxygen atoms in total. The minimum absolute atomic E-state index is 0.145. The Hall–Kier alpha value is -2.08. The SMILES string of the molecule is Cn1c(=O)n(C[C@H](O)COCc2ccc(Cl)cc2)c2ccccc21. The van der Waals surface area contributed by atoms with Crippen LogP contribution in [-0.4, -0.2) is 27.0 Å². The normalized spacial score (nSPS) is 12.6. The molecule has 1 heterocycles. The number of nitrogens with zero attached hydrogens (tertiary/aromatic N) is 2. The minimum Gasteiger partial charge on any atom is -0.389 e. The molecule has 1 aromatic heterocycles. The van der Waals surface area contributed by atoms with Crippen LogP contribution >= 0.6 is 11.6 Å². The summed E-state index contributed by atoms with van der Waals surface area (Å²) in [6.45, 7) is 0.734. The number of aliphatic hydroxyl groups is 1. The summed E-state index contributed by atoms with van der Waals surface area (Å²) in [7, 11) is 1.73. The molecule has 6 heteroatoms. The van der Waals surface area contributed by atoms with Crippen molar-refractivity contribution < 1.29 is 9.84 Å². The van der Waals surface area contributed by atoms with Gasteiger partial charge in [-0.1, -0.05) is 35.9 Å². The van der Waals surface area contributed by atoms with Gasteiger partial charge in [0.1, 0.15) is 0 Å². The number of fused-ring (bicyclic) bond motifs is 1. The van der Waals surface area contributed by atoms with Gasteiger partial charge in [-0.25, -0.2) is 4.79 Å². The van der Waals surface area contributed by atoms with E-state index in [1.165, 1.54) is 0 Å². The van der Waals surface area contributed by atoms with E-state index in [4.69, 9.17) is 16.3 Å². The molecule has 0 spiro atoms. The van der Waals surface area contributed by atoms with Gasteiger partial charge in [-0.15, -0.1) is 0 Å². The van der Waals surface area contributed by atoms with Gasteiger partial charge in [0.05, 0.1) is 36.9 Å². The van der Waals surface area contributed by atoms with Crippen molar-refractivity contribution in [3.63, 3.8) is 0 Å². The molecular weight excluding hydrogens is 328 g/mol. The fraction of sp³-hybridized carbons (Fsp3) is 0.278. The Bertz CT molecular complexity index is 883. The Labute approximate surface area is 144 Å². The van der Waals surface area contributed by atoms with Crippen LogP contribution in [0.3, 0.4) is 0 Å². The van der Waals surface area contributed by atoms with Crippen molar-refractivity contribution in [3.8, 4) is 0 Å². The molecule has 0 amide bonds. The van der Waals surface area contributed by atoms with Crippen LogP contribution in [0.1, 0.15) is 5.56 Å². The lowest BCUT2D eigenvalue weighted by atomic mass is 10.2. The average Bonchev–Trinajstić information content (AvgIpc) is 2.82. The van der Waals surface area contributed by atoms with Crippen LogP contribution in [0.2, 0.25) is 5.02 Å². The molecule has 0 unspecified atom stereocenters. The standard InChI is InChI=1S/C18H19ClN2O3/c1-20-16-4-2-3-5-17(16)21(18(20)23)10-15(22)12-24-11-13-6-8-14(19)9-7-13/h2-9,15,22H,10-12H2,1H3/t15-/m0/s1. The second-order valence-corrected chi connectivity index (χ2v) is 6.17. The lowest BCUT2D eigenvalue weighted by molar-refractivity contribution is 0.0204. The van der Waals surface area contributed by atoms with E-state index in [9.17, 15) is 9.90 Å². The van der Waals surface area contributed by atoms with Gasteiger partial charge in [0.15, 0.2) is 0 Å². The zero-order valence-corrected chi connectivity index (χ0v) is 14.1. The van der Waals surface area contributed by atoms with Crippen LogP contribution in [0.15, 0.2) is 53.3 Å². The molecule has 0 bridgehead atoms. The number of halogens is 1. The third-order valence-corrected chi connectivity index (χ3v) is 4.19. The molecule has 0 saturated carbocycles. The fourth-order valence-electron chi connectivity index (χ4n) is 2.70. The van der Waals surface area contributed by atoms with E-state index >= 15 is 0 Å². The molecule has 1 N–H and O–H groups in total. The molecule has 0 aliphatic carbocycles. The van der Waals surface area contributed by atoms with Crippen molar-refractivity contribution in [2.75, 3.05) is 6.61 Å². The monoisotopic (exact) mass is 346 g/mol. The van der Waals surface area contributed by atoms with Gasteiger partial charge in [0.2, 0.25) is 0 Å². The smallest absolute Gasteiger partial charge is 0.328 e. The fourth-order valence-corrected chi connectivity index (χ4v) is 2.82. The first-order chi connectivity index (χ1) is 11.6. The first-order valence-corrected chi connectivity index (χ1v) is 8.08. The van der Waals surface area contributed by atoms with Crippen molar-refractivity contribution in [2.45, 2.75) is 19.3 Å². The highest BCUT2D eigenvalue weighted by Crippen LogP contribution is 2.13. The van der Waals surface area contributed by atoms with Gasteiger partial charge in [-0.3, -0.25) is 9.13 Å². The zero-order chi connectivity index (χ0) is 17.1. The summed E-state index contributed by atoms with van der Waals surface area (Å²) < 4.78 is 8.69. The molecule has 0 aliphatic rings. The Morgan fingerprint density at radius 1 is 1.12 bits per heavy atom. The Kier molecular flexibility index (Phi) is 5.04. The van der Waals surface area contributed by atoms with E-state index in [1.807, 2.05) is 36.4 Å². The number of benzene rings is 2. The Balaban J connectivity index is 1.63. The van der Waals surface area contributed by atoms with Crippen molar-refractivity contribution in [1.29, 1.82) is 0 Å². The molecule has 2 aromatic carbocycles. The predicted molar refractivity (Wildman–Crippen MR) is 94.3 cm³/mol. The highest BCUT2D eigenvalue weighted by atomic mass is 35.5. The number of rotatable bonds is 6. The molecule has 24 heavy (non-hydrogen) atoms. The molecule has 0 aliphatic heterocycles. The molecule has 1 atom stereocenters. The van der Waals surface area contributed by atoms with Gasteiger partial charge in [0, 0.05) is 12.1 Å². The average molecular weight is 347 g/mol. The summed E-state index contributed by atoms with van der Waals surface area (Å²) in [5, 5.41) is 10.9. The topological polar surface area (TPSA) is 56.4 Å². The second kappa shape index (κ2) is 7.21. The number of para-hydroxylation sites is 2. The van der Waals surface area contributed by atoms with Gasteiger partial charge in [-0.05, 0) is 29.8 Å². The minimum atomic E-state index is -0.763. The summed E-state index contributed by atoms with van der Waals surface area (Å²) in [6, 6.07) is 14.9. The van der Waals surface area contributed by atoms with Crippen LogP contribution in [0.4, 0.5) is 0 Å². The molecular formula is C18H19ClN2O3. The first kappa shape index (κ1) is 16.8. The summed E-state index contributed by atoms with van der Waals surface area (Å²) in [4.78, 5) is 12.3. The highest BCUT2D eigenvalue weighted by molar-refractivity contribution is 6.30. The van der Waals surface area contributed by atoms with Crippen molar-refractivity contribution in [3.05, 3.63) is 69.6 Å². The summed E-state index contributed by atoms with van der Waals surface area (Å²) in [5.74, 6) is 0. The van der Waals surface area contributed by atoms with E-state index in [1.54, 1.807) is 28.3 Å². The Morgan fingerprint density at radius 3 is 2.50 bits per heavy atom. The maximum absolute atomic E-state index is 12.3. The van der Waals surface area contributed by atoms with E-state index < -0.39 is 6.10 Å². The number of imidazole rings is 1. The third-order valence-electron chi connectivity index (χ3n) is 3.94. The number of ether oxygens (including phenoxy) is 1. The maximum atomic E-state index is 12.3. The Morgan fingerprint density at radius 2 is 1.79 bits per heavy atom. The van der Waals surface area contributed by atoms with Crippen LogP contribution in [0.5, 0.6) is 0 Å². The van der Waals surface area contributed by atoms with Crippen LogP contribution in [0, 0.1) is 0 Å². The molecule has 3 aromatic rings. The lowest BCUT2D eigenvalue weighted by Crippen LogP contribution is -2.29. The number of aliphatic hydroxyl groups excluding tert-OH is 1. The molecule has 126 valence electrons. The van der Waals surface area contributed by atoms with E-state index in [2.05, 4.69) is 0 Å². The third kappa shape index (κ3) is 3.53. The largest absolute Gasteiger partial charge is 0.389 e. The summed E-state index contributed by atoms with van der Waals surface area (Å²) >= 11 is 5.84. The van der Waals surface area contributed by atoms with Crippen LogP contribution in [0.25, 0.3) is 11.0 Å². The number of hydrogen-bond donors (Lipinski definition) is 1. The molecule has 0 saturated heterocycles. The quantitative estimate of drug-likeness (QED) is 0.746. The van der Waals surface area contributed by atoms with Gasteiger partial charge >= 0.3 is 5.69 Å². The van der Waals surface area contributed by atoms with Gasteiger partial charge in [0.25, 0.3) is 0 Å². The van der Waals surface area contributed by atoms with Crippen molar-refractivity contribution in [2.24, 2.45) is 7.05 Å². The zero-order valence-electron chi connectivity index (χ0n) is 13.4. The number of aryl methyl sites for hydroxylation is 1. The van der Waals surface area contributed by atoms with Gasteiger partial charge < -0.3 is 9.84 Å². The van der Waals surface area contributed by atoms with Gasteiger partial charge in [-0.2, -0.15) is 0 Å². The molecule has 3 rings (SSSR count). The van der Waals surface area contributed by atoms with Crippen molar-refractivity contribution in [1.82, 2.24) is 9.13 Å². The first-order valence-electron chi connectivity index (χ1n) is 7.71. The van der Waals surface area contributed by atoms with E-state index in [0.717, 1.165) is 16.6 Å². The lowest BCUT2D eigenvalue weighted by Gasteiger charge is -2.12. The number of hydrogen-bond acceptors (Lipinski definition) is 3. The van der Waals surface area contributed by atoms with E-state index in [0.29, 0.717) is 11.6 Å². The van der Waals surface area contributed by atoms with Crippen molar-refractivity contribution >= 4 is 22.6 Å². The highest BCUT2D eigenvalue weighted by Gasteiger charge is 2.14. The molecule has 0 fully saturated rings. The van der Waals surface area contributed by atoms with Crippen LogP contribution < -0.4 is 5.69 Å². The summed E-state index contributed by atoms with van der Waals surface area (Å²) in [5.41, 5.74) is 2.49.